The molecule has 0 atom stereocenters. The molecule has 0 radical (unpaired) electrons. The Balaban J connectivity index is 1.75. The molecule has 0 aromatic carbocycles. The minimum atomic E-state index is 0.527. The van der Waals surface area contributed by atoms with E-state index < -0.39 is 0 Å². The van der Waals surface area contributed by atoms with Gasteiger partial charge in [0, 0.05) is 12.6 Å². The summed E-state index contributed by atoms with van der Waals surface area (Å²) in [5, 5.41) is 7.35. The molecule has 0 aromatic heterocycles. The quantitative estimate of drug-likeness (QED) is 0.339. The van der Waals surface area contributed by atoms with Gasteiger partial charge in [0.1, 0.15) is 0 Å². The third kappa shape index (κ3) is 8.91. The van der Waals surface area contributed by atoms with Gasteiger partial charge in [-0.3, -0.25) is 0 Å². The number of rotatable bonds is 9. The average molecular weight is 352 g/mol. The van der Waals surface area contributed by atoms with Gasteiger partial charge >= 0.3 is 0 Å². The highest BCUT2D eigenvalue weighted by Crippen LogP contribution is 2.21. The van der Waals surface area contributed by atoms with Gasteiger partial charge in [-0.2, -0.15) is 0 Å². The predicted octanol–water partition coefficient (Wildman–Crippen LogP) is 2.86. The smallest absolute Gasteiger partial charge is 0.191 e. The highest BCUT2D eigenvalue weighted by molar-refractivity contribution is 5.80. The largest absolute Gasteiger partial charge is 0.356 e. The number of hydrogen-bond donors (Lipinski definition) is 3. The number of nitrogens with zero attached hydrogens (tertiary/aromatic N) is 2. The van der Waals surface area contributed by atoms with Crippen LogP contribution >= 0.6 is 0 Å². The second kappa shape index (κ2) is 12.5. The van der Waals surface area contributed by atoms with Gasteiger partial charge in [0.15, 0.2) is 5.96 Å². The van der Waals surface area contributed by atoms with Gasteiger partial charge < -0.3 is 21.3 Å². The maximum Gasteiger partial charge on any atom is 0.191 e. The Morgan fingerprint density at radius 3 is 2.28 bits per heavy atom. The summed E-state index contributed by atoms with van der Waals surface area (Å²) in [5.74, 6) is 1.07. The lowest BCUT2D eigenvalue weighted by molar-refractivity contribution is 0.326. The highest BCUT2D eigenvalue weighted by atomic mass is 15.2. The van der Waals surface area contributed by atoms with Crippen LogP contribution in [0.25, 0.3) is 0 Å². The summed E-state index contributed by atoms with van der Waals surface area (Å²) in [6.45, 7) is 4.00. The van der Waals surface area contributed by atoms with Gasteiger partial charge in [-0.25, -0.2) is 4.99 Å². The Kier molecular flexibility index (Phi) is 10.3. The molecule has 0 heterocycles. The molecule has 2 aliphatic rings. The Morgan fingerprint density at radius 2 is 1.60 bits per heavy atom. The van der Waals surface area contributed by atoms with Gasteiger partial charge in [-0.05, 0) is 65.2 Å². The molecular weight excluding hydrogens is 310 g/mol. The molecule has 0 bridgehead atoms. The number of guanidine groups is 1. The molecule has 0 aromatic rings. The fraction of sp³-hybridized carbons (Fsp3) is 0.950. The topological polar surface area (TPSA) is 65.7 Å². The molecule has 0 unspecified atom stereocenters. The zero-order valence-electron chi connectivity index (χ0n) is 16.4. The minimum absolute atomic E-state index is 0.527. The zero-order valence-corrected chi connectivity index (χ0v) is 16.4. The van der Waals surface area contributed by atoms with Crippen LogP contribution in [-0.2, 0) is 0 Å². The van der Waals surface area contributed by atoms with E-state index in [0.29, 0.717) is 12.1 Å². The first-order valence-corrected chi connectivity index (χ1v) is 10.7. The predicted molar refractivity (Wildman–Crippen MR) is 108 cm³/mol. The Morgan fingerprint density at radius 1 is 0.960 bits per heavy atom. The van der Waals surface area contributed by atoms with Crippen LogP contribution in [0.5, 0.6) is 0 Å². The fourth-order valence-corrected chi connectivity index (χ4v) is 4.00. The van der Waals surface area contributed by atoms with Crippen LogP contribution in [0.15, 0.2) is 4.99 Å². The van der Waals surface area contributed by atoms with Crippen LogP contribution in [0, 0.1) is 0 Å². The summed E-state index contributed by atoms with van der Waals surface area (Å²) >= 11 is 0. The Hall–Kier alpha value is -0.810. The molecule has 2 fully saturated rings. The van der Waals surface area contributed by atoms with E-state index in [1.165, 1.54) is 64.2 Å². The number of hydrogen-bond acceptors (Lipinski definition) is 3. The summed E-state index contributed by atoms with van der Waals surface area (Å²) in [5.41, 5.74) is 5.59. The van der Waals surface area contributed by atoms with Crippen LogP contribution in [0.4, 0.5) is 0 Å². The Labute approximate surface area is 155 Å². The van der Waals surface area contributed by atoms with E-state index in [2.05, 4.69) is 22.6 Å². The fourth-order valence-electron chi connectivity index (χ4n) is 4.00. The van der Waals surface area contributed by atoms with Crippen molar-refractivity contribution in [1.29, 1.82) is 0 Å². The standard InChI is InChI=1S/C20H41N5/c1-25(16-8-14-21)17-9-15-22-20(23-18-10-4-2-5-11-18)24-19-12-6-3-7-13-19/h18-19H,2-17,21H2,1H3,(H2,22,23,24). The van der Waals surface area contributed by atoms with Crippen molar-refractivity contribution in [3.8, 4) is 0 Å². The minimum Gasteiger partial charge on any atom is -0.356 e. The Bertz CT molecular complexity index is 359. The van der Waals surface area contributed by atoms with Crippen LogP contribution in [0.2, 0.25) is 0 Å². The molecule has 5 heteroatoms. The highest BCUT2D eigenvalue weighted by Gasteiger charge is 2.17. The lowest BCUT2D eigenvalue weighted by atomic mass is 9.95. The van der Waals surface area contributed by atoms with Gasteiger partial charge in [0.25, 0.3) is 0 Å². The average Bonchev–Trinajstić information content (AvgIpc) is 2.65. The van der Waals surface area contributed by atoms with Crippen molar-refractivity contribution in [3.63, 3.8) is 0 Å². The summed E-state index contributed by atoms with van der Waals surface area (Å²) in [7, 11) is 2.19. The summed E-state index contributed by atoms with van der Waals surface area (Å²) < 4.78 is 0. The second-order valence-electron chi connectivity index (χ2n) is 7.97. The first kappa shape index (κ1) is 20.5. The van der Waals surface area contributed by atoms with E-state index in [4.69, 9.17) is 10.7 Å². The summed E-state index contributed by atoms with van der Waals surface area (Å²) in [6, 6.07) is 1.15. The van der Waals surface area contributed by atoms with Crippen LogP contribution in [0.3, 0.4) is 0 Å². The van der Waals surface area contributed by atoms with Gasteiger partial charge in [0.2, 0.25) is 0 Å². The molecule has 0 aliphatic heterocycles. The first-order valence-electron chi connectivity index (χ1n) is 10.7. The molecular formula is C20H41N5. The van der Waals surface area contributed by atoms with E-state index in [9.17, 15) is 0 Å². The molecule has 4 N–H and O–H groups in total. The van der Waals surface area contributed by atoms with Crippen molar-refractivity contribution in [2.24, 2.45) is 10.7 Å². The van der Waals surface area contributed by atoms with Gasteiger partial charge in [-0.1, -0.05) is 38.5 Å². The SMILES string of the molecule is CN(CCCN)CCCN/C(=N/C1CCCCC1)NC1CCCCC1. The second-order valence-corrected chi connectivity index (χ2v) is 7.97. The van der Waals surface area contributed by atoms with Gasteiger partial charge in [-0.15, -0.1) is 0 Å². The maximum atomic E-state index is 5.59. The molecule has 146 valence electrons. The van der Waals surface area contributed by atoms with E-state index in [-0.39, 0.29) is 0 Å². The van der Waals surface area contributed by atoms with Crippen LogP contribution < -0.4 is 16.4 Å². The van der Waals surface area contributed by atoms with E-state index in [0.717, 1.165) is 45.0 Å². The van der Waals surface area contributed by atoms with E-state index in [1.54, 1.807) is 0 Å². The lowest BCUT2D eigenvalue weighted by Crippen LogP contribution is -2.45. The molecule has 0 amide bonds. The molecule has 0 spiro atoms. The van der Waals surface area contributed by atoms with Crippen molar-refractivity contribution < 1.29 is 0 Å². The molecule has 25 heavy (non-hydrogen) atoms. The van der Waals surface area contributed by atoms with E-state index in [1.807, 2.05) is 0 Å². The van der Waals surface area contributed by atoms with Gasteiger partial charge in [0.05, 0.1) is 6.04 Å². The molecule has 5 nitrogen and oxygen atoms in total. The maximum absolute atomic E-state index is 5.59. The molecule has 2 aliphatic carbocycles. The summed E-state index contributed by atoms with van der Waals surface area (Å²) in [4.78, 5) is 7.44. The normalized spacial score (nSPS) is 20.8. The van der Waals surface area contributed by atoms with Crippen molar-refractivity contribution in [3.05, 3.63) is 0 Å². The monoisotopic (exact) mass is 351 g/mol. The van der Waals surface area contributed by atoms with Crippen LogP contribution in [0.1, 0.15) is 77.0 Å². The summed E-state index contributed by atoms with van der Waals surface area (Å²) in [6.07, 6.45) is 15.6. The van der Waals surface area contributed by atoms with Crippen molar-refractivity contribution in [1.82, 2.24) is 15.5 Å². The number of nitrogens with two attached hydrogens (primary N) is 1. The number of nitrogens with one attached hydrogen (secondary N) is 2. The molecule has 2 rings (SSSR count). The van der Waals surface area contributed by atoms with Crippen molar-refractivity contribution in [2.75, 3.05) is 33.2 Å². The van der Waals surface area contributed by atoms with E-state index >= 15 is 0 Å². The molecule has 2 saturated carbocycles. The van der Waals surface area contributed by atoms with Crippen molar-refractivity contribution in [2.45, 2.75) is 89.1 Å². The molecule has 0 saturated heterocycles. The number of aliphatic imine (C=N–C) groups is 1. The zero-order chi connectivity index (χ0) is 17.7. The van der Waals surface area contributed by atoms with Crippen LogP contribution in [-0.4, -0.2) is 56.2 Å². The van der Waals surface area contributed by atoms with Crippen molar-refractivity contribution >= 4 is 5.96 Å². The first-order chi connectivity index (χ1) is 12.3. The third-order valence-corrected chi connectivity index (χ3v) is 5.59. The lowest BCUT2D eigenvalue weighted by Gasteiger charge is -2.27. The third-order valence-electron chi connectivity index (χ3n) is 5.59.